The van der Waals surface area contributed by atoms with Crippen molar-refractivity contribution in [3.05, 3.63) is 63.8 Å². The number of hydrogen-bond donors (Lipinski definition) is 1. The molecule has 6 heteroatoms. The molecule has 0 saturated carbocycles. The van der Waals surface area contributed by atoms with Gasteiger partial charge in [0.15, 0.2) is 5.82 Å². The molecule has 2 aliphatic heterocycles. The van der Waals surface area contributed by atoms with Crippen molar-refractivity contribution in [2.75, 3.05) is 18.0 Å². The summed E-state index contributed by atoms with van der Waals surface area (Å²) in [4.78, 5) is 18.7. The molecule has 1 N–H and O–H groups in total. The first kappa shape index (κ1) is 15.6. The largest absolute Gasteiger partial charge is 0.349 e. The zero-order chi connectivity index (χ0) is 23.2. The van der Waals surface area contributed by atoms with Crippen LogP contribution in [0.5, 0.6) is 0 Å². The Balaban J connectivity index is 1.68. The van der Waals surface area contributed by atoms with Gasteiger partial charge in [-0.1, -0.05) is 24.0 Å². The van der Waals surface area contributed by atoms with Crippen molar-refractivity contribution in [1.82, 2.24) is 14.9 Å². The molecule has 2 aromatic carbocycles. The van der Waals surface area contributed by atoms with E-state index in [2.05, 4.69) is 22.1 Å². The predicted molar refractivity (Wildman–Crippen MR) is 117 cm³/mol. The van der Waals surface area contributed by atoms with Gasteiger partial charge in [-0.05, 0) is 62.1 Å². The Labute approximate surface area is 178 Å². The van der Waals surface area contributed by atoms with Gasteiger partial charge >= 0.3 is 5.69 Å². The summed E-state index contributed by atoms with van der Waals surface area (Å²) in [5.74, 6) is 6.12. The Bertz CT molecular complexity index is 1350. The minimum Gasteiger partial charge on any atom is -0.325 e. The van der Waals surface area contributed by atoms with Crippen LogP contribution in [0.25, 0.3) is 10.9 Å². The summed E-state index contributed by atoms with van der Waals surface area (Å²) in [5.41, 5.74) is 1.82. The molecule has 1 unspecified atom stereocenters. The van der Waals surface area contributed by atoms with E-state index in [9.17, 15) is 4.79 Å². The molecular weight excluding hydrogens is 379 g/mol. The number of halogens is 1. The molecule has 1 atom stereocenters. The number of aryl methyl sites for hydroxylation is 1. The molecule has 5 nitrogen and oxygen atoms in total. The highest BCUT2D eigenvalue weighted by Gasteiger charge is 2.25. The zero-order valence-corrected chi connectivity index (χ0v) is 16.4. The van der Waals surface area contributed by atoms with Crippen molar-refractivity contribution >= 4 is 22.4 Å². The van der Waals surface area contributed by atoms with Gasteiger partial charge < -0.3 is 10.2 Å². The van der Waals surface area contributed by atoms with E-state index in [1.807, 2.05) is 23.1 Å². The predicted octanol–water partition coefficient (Wildman–Crippen LogP) is 3.26. The molecular formula is C24H23FN4O. The average Bonchev–Trinajstić information content (AvgIpc) is 3.29. The summed E-state index contributed by atoms with van der Waals surface area (Å²) in [6.07, 6.45) is 3.73. The molecule has 0 radical (unpaired) electrons. The second-order valence-corrected chi connectivity index (χ2v) is 7.66. The van der Waals surface area contributed by atoms with E-state index >= 15 is 4.39 Å². The highest BCUT2D eigenvalue weighted by atomic mass is 19.1. The Morgan fingerprint density at radius 3 is 3.00 bits per heavy atom. The fourth-order valence-electron chi connectivity index (χ4n) is 4.35. The number of fused-ring (bicyclic) bond motifs is 2. The summed E-state index contributed by atoms with van der Waals surface area (Å²) < 4.78 is 38.9. The van der Waals surface area contributed by atoms with Crippen molar-refractivity contribution in [2.24, 2.45) is 6.98 Å². The van der Waals surface area contributed by atoms with Crippen LogP contribution >= 0.6 is 0 Å². The first-order valence-corrected chi connectivity index (χ1v) is 10.2. The van der Waals surface area contributed by atoms with E-state index in [4.69, 9.17) is 4.11 Å². The molecule has 30 heavy (non-hydrogen) atoms. The molecule has 3 aromatic rings. The van der Waals surface area contributed by atoms with Gasteiger partial charge in [0.2, 0.25) is 0 Å². The van der Waals surface area contributed by atoms with E-state index in [-0.39, 0.29) is 22.8 Å². The summed E-state index contributed by atoms with van der Waals surface area (Å²) in [5, 5.41) is 3.39. The lowest BCUT2D eigenvalue weighted by Gasteiger charge is -2.32. The lowest BCUT2D eigenvalue weighted by Crippen LogP contribution is -2.30. The van der Waals surface area contributed by atoms with E-state index in [0.29, 0.717) is 11.1 Å². The normalized spacial score (nSPS) is 20.1. The quantitative estimate of drug-likeness (QED) is 0.632. The van der Waals surface area contributed by atoms with Crippen LogP contribution in [0.4, 0.5) is 15.9 Å². The van der Waals surface area contributed by atoms with Gasteiger partial charge in [0, 0.05) is 28.9 Å². The molecule has 5 rings (SSSR count). The smallest absolute Gasteiger partial charge is 0.325 e. The third-order valence-corrected chi connectivity index (χ3v) is 5.80. The number of benzene rings is 2. The fourth-order valence-corrected chi connectivity index (χ4v) is 4.35. The maximum Gasteiger partial charge on any atom is 0.349 e. The molecule has 1 aromatic heterocycles. The van der Waals surface area contributed by atoms with Crippen LogP contribution in [-0.2, 0) is 13.4 Å². The van der Waals surface area contributed by atoms with Gasteiger partial charge in [-0.3, -0.25) is 4.57 Å². The molecule has 0 spiro atoms. The fraction of sp³-hybridized carbons (Fsp3) is 0.333. The van der Waals surface area contributed by atoms with Gasteiger partial charge in [-0.25, -0.2) is 9.18 Å². The van der Waals surface area contributed by atoms with Gasteiger partial charge in [-0.15, -0.1) is 0 Å². The highest BCUT2D eigenvalue weighted by molar-refractivity contribution is 5.93. The van der Waals surface area contributed by atoms with E-state index in [1.54, 1.807) is 0 Å². The zero-order valence-electron chi connectivity index (χ0n) is 19.4. The monoisotopic (exact) mass is 405 g/mol. The lowest BCUT2D eigenvalue weighted by molar-refractivity contribution is 0.636. The first-order valence-electron chi connectivity index (χ1n) is 11.7. The van der Waals surface area contributed by atoms with Crippen molar-refractivity contribution in [2.45, 2.75) is 31.7 Å². The summed E-state index contributed by atoms with van der Waals surface area (Å²) >= 11 is 0. The molecule has 152 valence electrons. The van der Waals surface area contributed by atoms with Gasteiger partial charge in [0.25, 0.3) is 0 Å². The number of rotatable bonds is 1. The number of anilines is 2. The number of hydrogen-bond acceptors (Lipinski definition) is 4. The van der Waals surface area contributed by atoms with Crippen LogP contribution in [0.1, 0.15) is 34.5 Å². The molecule has 3 heterocycles. The van der Waals surface area contributed by atoms with Gasteiger partial charge in [-0.2, -0.15) is 4.98 Å². The van der Waals surface area contributed by atoms with E-state index in [0.717, 1.165) is 49.0 Å². The second-order valence-electron chi connectivity index (χ2n) is 7.66. The molecule has 1 saturated heterocycles. The Morgan fingerprint density at radius 1 is 1.27 bits per heavy atom. The van der Waals surface area contributed by atoms with E-state index in [1.165, 1.54) is 18.2 Å². The molecule has 0 aliphatic carbocycles. The Kier molecular flexibility index (Phi) is 3.95. The summed E-state index contributed by atoms with van der Waals surface area (Å²) in [7, 11) is 0. The number of nitrogens with one attached hydrogen (secondary N) is 1. The minimum absolute atomic E-state index is 0.000350. The van der Waals surface area contributed by atoms with E-state index < -0.39 is 18.5 Å². The molecule has 2 aliphatic rings. The SMILES string of the molecule is [2H]C([2H])([2H])n1c(=O)nc(N2CCCc3c(C#CC4CCCN4)cccc32)c2c(F)cccc21. The average molecular weight is 405 g/mol. The van der Waals surface area contributed by atoms with Crippen LogP contribution < -0.4 is 15.9 Å². The lowest BCUT2D eigenvalue weighted by atomic mass is 9.96. The summed E-state index contributed by atoms with van der Waals surface area (Å²) in [6.45, 7) is -1.26. The second kappa shape index (κ2) is 7.58. The summed E-state index contributed by atoms with van der Waals surface area (Å²) in [6, 6.07) is 10.1. The molecule has 0 bridgehead atoms. The van der Waals surface area contributed by atoms with Gasteiger partial charge in [0.05, 0.1) is 16.9 Å². The van der Waals surface area contributed by atoms with Crippen molar-refractivity contribution in [1.29, 1.82) is 0 Å². The maximum absolute atomic E-state index is 15.1. The molecule has 1 fully saturated rings. The Hall–Kier alpha value is -3.17. The number of aromatic nitrogens is 2. The maximum atomic E-state index is 15.1. The first-order chi connectivity index (χ1) is 15.8. The van der Waals surface area contributed by atoms with Crippen molar-refractivity contribution in [3.63, 3.8) is 0 Å². The minimum atomic E-state index is -2.77. The van der Waals surface area contributed by atoms with Crippen LogP contribution in [0, 0.1) is 17.7 Å². The standard InChI is InChI=1S/C24H23FN4O/c1-28-21-11-3-9-19(25)22(21)23(27-24(28)30)29-15-5-8-18-16(6-2-10-20(18)29)12-13-17-7-4-14-26-17/h2-3,6,9-11,17,26H,4-5,7-8,14-15H2,1H3/i1D3. The highest BCUT2D eigenvalue weighted by Crippen LogP contribution is 2.37. The van der Waals surface area contributed by atoms with Gasteiger partial charge in [0.1, 0.15) is 5.82 Å². The van der Waals surface area contributed by atoms with Crippen LogP contribution in [-0.4, -0.2) is 28.7 Å². The number of nitrogens with zero attached hydrogens (tertiary/aromatic N) is 3. The van der Waals surface area contributed by atoms with Crippen LogP contribution in [0.3, 0.4) is 0 Å². The van der Waals surface area contributed by atoms with Crippen LogP contribution in [0.15, 0.2) is 41.2 Å². The topological polar surface area (TPSA) is 50.2 Å². The third-order valence-electron chi connectivity index (χ3n) is 5.80. The van der Waals surface area contributed by atoms with Crippen molar-refractivity contribution in [3.8, 4) is 11.8 Å². The molecule has 0 amide bonds. The Morgan fingerprint density at radius 2 is 2.17 bits per heavy atom. The third kappa shape index (κ3) is 3.16. The van der Waals surface area contributed by atoms with Crippen LogP contribution in [0.2, 0.25) is 0 Å². The van der Waals surface area contributed by atoms with Crippen molar-refractivity contribution < 1.29 is 8.50 Å².